The second-order valence-electron chi connectivity index (χ2n) is 6.10. The van der Waals surface area contributed by atoms with Gasteiger partial charge in [0.2, 0.25) is 0 Å². The van der Waals surface area contributed by atoms with Crippen molar-refractivity contribution in [2.45, 2.75) is 12.6 Å². The van der Waals surface area contributed by atoms with Gasteiger partial charge in [-0.1, -0.05) is 12.1 Å². The van der Waals surface area contributed by atoms with Gasteiger partial charge in [0, 0.05) is 39.3 Å². The first-order valence-electron chi connectivity index (χ1n) is 8.33. The largest absolute Gasteiger partial charge is 0.467 e. The number of nitrogens with one attached hydrogen (secondary N) is 1. The van der Waals surface area contributed by atoms with Crippen molar-refractivity contribution >= 4 is 6.03 Å². The Bertz CT molecular complexity index is 667. The zero-order valence-corrected chi connectivity index (χ0v) is 13.9. The van der Waals surface area contributed by atoms with Gasteiger partial charge in [0.05, 0.1) is 6.26 Å². The van der Waals surface area contributed by atoms with E-state index in [2.05, 4.69) is 10.2 Å². The van der Waals surface area contributed by atoms with E-state index in [1.807, 2.05) is 0 Å². The van der Waals surface area contributed by atoms with Gasteiger partial charge in [0.25, 0.3) is 0 Å². The average molecular weight is 347 g/mol. The lowest BCUT2D eigenvalue weighted by atomic mass is 10.2. The minimum atomic E-state index is -0.658. The topological polar surface area (TPSA) is 69.0 Å². The van der Waals surface area contributed by atoms with Crippen molar-refractivity contribution in [3.8, 4) is 0 Å². The quantitative estimate of drug-likeness (QED) is 0.868. The first kappa shape index (κ1) is 17.4. The first-order chi connectivity index (χ1) is 12.1. The number of aliphatic hydroxyl groups is 1. The molecule has 2 aromatic rings. The summed E-state index contributed by atoms with van der Waals surface area (Å²) in [4.78, 5) is 16.1. The van der Waals surface area contributed by atoms with Gasteiger partial charge >= 0.3 is 6.03 Å². The fraction of sp³-hybridized carbons (Fsp3) is 0.389. The molecule has 2 amide bonds. The normalized spacial score (nSPS) is 16.6. The van der Waals surface area contributed by atoms with Gasteiger partial charge in [-0.2, -0.15) is 0 Å². The Kier molecular flexibility index (Phi) is 5.67. The van der Waals surface area contributed by atoms with Crippen molar-refractivity contribution < 1.29 is 18.7 Å². The van der Waals surface area contributed by atoms with Crippen LogP contribution >= 0.6 is 0 Å². The van der Waals surface area contributed by atoms with E-state index in [1.54, 1.807) is 35.4 Å². The third-order valence-electron chi connectivity index (χ3n) is 4.32. The number of carbonyl (C=O) groups excluding carboxylic acids is 1. The Balaban J connectivity index is 1.40. The van der Waals surface area contributed by atoms with Gasteiger partial charge in [-0.15, -0.1) is 0 Å². The molecule has 25 heavy (non-hydrogen) atoms. The van der Waals surface area contributed by atoms with Crippen molar-refractivity contribution in [1.82, 2.24) is 15.1 Å². The number of hydrogen-bond acceptors (Lipinski definition) is 4. The Labute approximate surface area is 145 Å². The lowest BCUT2D eigenvalue weighted by molar-refractivity contribution is 0.0691. The third kappa shape index (κ3) is 4.80. The molecular formula is C18H22FN3O3. The lowest BCUT2D eigenvalue weighted by Crippen LogP contribution is -2.52. The van der Waals surface area contributed by atoms with E-state index in [9.17, 15) is 14.3 Å². The number of piperazine rings is 1. The molecule has 0 bridgehead atoms. The van der Waals surface area contributed by atoms with E-state index in [-0.39, 0.29) is 11.8 Å². The van der Waals surface area contributed by atoms with E-state index in [1.165, 1.54) is 12.1 Å². The highest BCUT2D eigenvalue weighted by atomic mass is 19.1. The van der Waals surface area contributed by atoms with Crippen molar-refractivity contribution in [3.63, 3.8) is 0 Å². The smallest absolute Gasteiger partial charge is 0.317 e. The Morgan fingerprint density at radius 2 is 1.92 bits per heavy atom. The summed E-state index contributed by atoms with van der Waals surface area (Å²) in [5.41, 5.74) is 0.856. The molecule has 2 N–H and O–H groups in total. The van der Waals surface area contributed by atoms with Crippen LogP contribution < -0.4 is 5.32 Å². The zero-order valence-electron chi connectivity index (χ0n) is 13.9. The maximum absolute atomic E-state index is 12.9. The van der Waals surface area contributed by atoms with Crippen molar-refractivity contribution in [3.05, 3.63) is 59.8 Å². The average Bonchev–Trinajstić information content (AvgIpc) is 3.16. The molecule has 0 aliphatic carbocycles. The summed E-state index contributed by atoms with van der Waals surface area (Å²) in [6, 6.07) is 9.45. The molecule has 0 unspecified atom stereocenters. The van der Waals surface area contributed by atoms with Crippen LogP contribution in [0.25, 0.3) is 0 Å². The Morgan fingerprint density at radius 3 is 2.56 bits per heavy atom. The molecule has 1 aliphatic heterocycles. The number of nitrogens with zero attached hydrogens (tertiary/aromatic N) is 2. The van der Waals surface area contributed by atoms with Crippen LogP contribution in [0.3, 0.4) is 0 Å². The summed E-state index contributed by atoms with van der Waals surface area (Å²) < 4.78 is 18.1. The summed E-state index contributed by atoms with van der Waals surface area (Å²) >= 11 is 0. The van der Waals surface area contributed by atoms with Crippen LogP contribution in [0, 0.1) is 5.82 Å². The second-order valence-corrected chi connectivity index (χ2v) is 6.10. The molecule has 6 nitrogen and oxygen atoms in total. The number of carbonyl (C=O) groups is 1. The van der Waals surface area contributed by atoms with E-state index in [0.717, 1.165) is 5.56 Å². The highest BCUT2D eigenvalue weighted by Crippen LogP contribution is 2.15. The van der Waals surface area contributed by atoms with Crippen LogP contribution in [0.4, 0.5) is 9.18 Å². The molecule has 0 spiro atoms. The molecule has 1 aromatic heterocycles. The zero-order chi connectivity index (χ0) is 17.6. The number of halogens is 1. The van der Waals surface area contributed by atoms with Crippen molar-refractivity contribution in [1.29, 1.82) is 0 Å². The summed E-state index contributed by atoms with van der Waals surface area (Å²) in [7, 11) is 0. The standard InChI is InChI=1S/C18H22FN3O3/c19-15-5-3-14(4-6-15)12-20-18(24)22-9-7-21(8-10-22)13-16(23)17-2-1-11-25-17/h1-6,11,16,23H,7-10,12-13H2,(H,20,24)/t16-/m1/s1. The van der Waals surface area contributed by atoms with Gasteiger partial charge in [-0.3, -0.25) is 4.90 Å². The monoisotopic (exact) mass is 347 g/mol. The van der Waals surface area contributed by atoms with Gasteiger partial charge < -0.3 is 19.7 Å². The first-order valence-corrected chi connectivity index (χ1v) is 8.33. The summed E-state index contributed by atoms with van der Waals surface area (Å²) in [5.74, 6) is 0.266. The second kappa shape index (κ2) is 8.13. The number of aliphatic hydroxyl groups excluding tert-OH is 1. The SMILES string of the molecule is O=C(NCc1ccc(F)cc1)N1CCN(C[C@@H](O)c2ccco2)CC1. The number of hydrogen-bond donors (Lipinski definition) is 2. The minimum absolute atomic E-state index is 0.129. The lowest BCUT2D eigenvalue weighted by Gasteiger charge is -2.35. The molecule has 1 aromatic carbocycles. The maximum Gasteiger partial charge on any atom is 0.317 e. The summed E-state index contributed by atoms with van der Waals surface area (Å²) in [6.45, 7) is 3.44. The molecule has 0 saturated carbocycles. The Hall–Kier alpha value is -2.38. The highest BCUT2D eigenvalue weighted by Gasteiger charge is 2.23. The summed E-state index contributed by atoms with van der Waals surface area (Å²) in [5, 5.41) is 13.0. The van der Waals surface area contributed by atoms with Crippen LogP contribution in [0.5, 0.6) is 0 Å². The van der Waals surface area contributed by atoms with E-state index in [0.29, 0.717) is 45.0 Å². The number of amides is 2. The minimum Gasteiger partial charge on any atom is -0.467 e. The molecule has 1 saturated heterocycles. The van der Waals surface area contributed by atoms with Crippen LogP contribution in [0.1, 0.15) is 17.4 Å². The Morgan fingerprint density at radius 1 is 1.20 bits per heavy atom. The van der Waals surface area contributed by atoms with Gasteiger partial charge in [-0.05, 0) is 29.8 Å². The number of benzene rings is 1. The van der Waals surface area contributed by atoms with Gasteiger partial charge in [0.15, 0.2) is 0 Å². The number of β-amino-alcohol motifs (C(OH)–C–C–N with tert-alkyl or cyclic N) is 1. The molecule has 1 fully saturated rings. The molecule has 0 radical (unpaired) electrons. The molecular weight excluding hydrogens is 325 g/mol. The molecule has 7 heteroatoms. The van der Waals surface area contributed by atoms with Gasteiger partial charge in [0.1, 0.15) is 17.7 Å². The molecule has 3 rings (SSSR count). The fourth-order valence-corrected chi connectivity index (χ4v) is 2.84. The van der Waals surface area contributed by atoms with E-state index < -0.39 is 6.10 Å². The third-order valence-corrected chi connectivity index (χ3v) is 4.32. The van der Waals surface area contributed by atoms with Crippen molar-refractivity contribution in [2.75, 3.05) is 32.7 Å². The number of rotatable bonds is 5. The van der Waals surface area contributed by atoms with E-state index >= 15 is 0 Å². The highest BCUT2D eigenvalue weighted by molar-refractivity contribution is 5.74. The molecule has 1 atom stereocenters. The van der Waals surface area contributed by atoms with Crippen LogP contribution in [-0.4, -0.2) is 53.7 Å². The van der Waals surface area contributed by atoms with Crippen LogP contribution in [0.15, 0.2) is 47.1 Å². The number of urea groups is 1. The van der Waals surface area contributed by atoms with E-state index in [4.69, 9.17) is 4.42 Å². The van der Waals surface area contributed by atoms with Crippen LogP contribution in [0.2, 0.25) is 0 Å². The molecule has 1 aliphatic rings. The van der Waals surface area contributed by atoms with Crippen LogP contribution in [-0.2, 0) is 6.54 Å². The fourth-order valence-electron chi connectivity index (χ4n) is 2.84. The summed E-state index contributed by atoms with van der Waals surface area (Å²) in [6.07, 6.45) is 0.885. The predicted octanol–water partition coefficient (Wildman–Crippen LogP) is 1.98. The van der Waals surface area contributed by atoms with Gasteiger partial charge in [-0.25, -0.2) is 9.18 Å². The molecule has 2 heterocycles. The predicted molar refractivity (Wildman–Crippen MR) is 90.3 cm³/mol. The van der Waals surface area contributed by atoms with Crippen molar-refractivity contribution in [2.24, 2.45) is 0 Å². The molecule has 134 valence electrons. The number of furan rings is 1. The maximum atomic E-state index is 12.9.